The van der Waals surface area contributed by atoms with E-state index in [9.17, 15) is 0 Å². The van der Waals surface area contributed by atoms with Crippen LogP contribution < -0.4 is 5.32 Å². The summed E-state index contributed by atoms with van der Waals surface area (Å²) in [5.74, 6) is 2.73. The highest BCUT2D eigenvalue weighted by molar-refractivity contribution is 7.99. The maximum absolute atomic E-state index is 3.84. The number of hydrogen-bond acceptors (Lipinski definition) is 3. The Morgan fingerprint density at radius 1 is 1.29 bits per heavy atom. The van der Waals surface area contributed by atoms with Crippen LogP contribution in [0.1, 0.15) is 46.5 Å². The fourth-order valence-corrected chi connectivity index (χ4v) is 4.54. The number of nitrogens with one attached hydrogen (secondary N) is 1. The van der Waals surface area contributed by atoms with Crippen molar-refractivity contribution in [1.29, 1.82) is 0 Å². The van der Waals surface area contributed by atoms with Gasteiger partial charge in [0.05, 0.1) is 0 Å². The molecule has 0 aromatic carbocycles. The van der Waals surface area contributed by atoms with E-state index in [1.165, 1.54) is 50.3 Å². The quantitative estimate of drug-likeness (QED) is 0.832. The van der Waals surface area contributed by atoms with Crippen molar-refractivity contribution in [1.82, 2.24) is 10.2 Å². The second-order valence-electron chi connectivity index (χ2n) is 5.62. The van der Waals surface area contributed by atoms with E-state index in [2.05, 4.69) is 42.7 Å². The molecule has 1 N–H and O–H groups in total. The average Bonchev–Trinajstić information content (AvgIpc) is 2.92. The molecule has 0 aromatic rings. The van der Waals surface area contributed by atoms with Crippen molar-refractivity contribution in [3.63, 3.8) is 0 Å². The molecule has 0 aliphatic carbocycles. The second kappa shape index (κ2) is 5.94. The van der Waals surface area contributed by atoms with Crippen molar-refractivity contribution >= 4 is 11.8 Å². The van der Waals surface area contributed by atoms with Crippen molar-refractivity contribution in [2.75, 3.05) is 24.6 Å². The minimum absolute atomic E-state index is 0.388. The van der Waals surface area contributed by atoms with Crippen LogP contribution in [0.15, 0.2) is 0 Å². The van der Waals surface area contributed by atoms with Gasteiger partial charge in [-0.25, -0.2) is 0 Å². The van der Waals surface area contributed by atoms with E-state index in [-0.39, 0.29) is 0 Å². The zero-order valence-electron chi connectivity index (χ0n) is 11.7. The number of nitrogens with zero attached hydrogens (tertiary/aromatic N) is 1. The Labute approximate surface area is 111 Å². The van der Waals surface area contributed by atoms with Crippen LogP contribution in [0, 0.1) is 0 Å². The lowest BCUT2D eigenvalue weighted by Crippen LogP contribution is -2.65. The molecule has 2 unspecified atom stereocenters. The molecule has 2 nitrogen and oxygen atoms in total. The number of piperazine rings is 1. The average molecular weight is 256 g/mol. The first-order valence-corrected chi connectivity index (χ1v) is 8.48. The first-order chi connectivity index (χ1) is 8.24. The molecular formula is C14H28N2S. The van der Waals surface area contributed by atoms with Gasteiger partial charge >= 0.3 is 0 Å². The molecule has 2 rings (SSSR count). The fraction of sp³-hybridized carbons (Fsp3) is 1.00. The van der Waals surface area contributed by atoms with E-state index in [1.807, 2.05) is 0 Å². The van der Waals surface area contributed by atoms with Gasteiger partial charge in [0.1, 0.15) is 0 Å². The van der Waals surface area contributed by atoms with Crippen molar-refractivity contribution < 1.29 is 0 Å². The lowest BCUT2D eigenvalue weighted by atomic mass is 9.87. The first-order valence-electron chi connectivity index (χ1n) is 7.33. The monoisotopic (exact) mass is 256 g/mol. The van der Waals surface area contributed by atoms with E-state index in [4.69, 9.17) is 0 Å². The molecule has 0 radical (unpaired) electrons. The molecule has 3 heteroatoms. The Bertz CT molecular complexity index is 232. The third kappa shape index (κ3) is 2.82. The summed E-state index contributed by atoms with van der Waals surface area (Å²) < 4.78 is 0. The predicted octanol–water partition coefficient (Wildman–Crippen LogP) is 2.73. The van der Waals surface area contributed by atoms with Gasteiger partial charge in [0, 0.05) is 36.5 Å². The maximum atomic E-state index is 3.84. The molecule has 2 fully saturated rings. The van der Waals surface area contributed by atoms with E-state index in [1.54, 1.807) is 0 Å². The van der Waals surface area contributed by atoms with E-state index in [0.717, 1.165) is 12.1 Å². The molecule has 2 atom stereocenters. The van der Waals surface area contributed by atoms with Crippen LogP contribution in [-0.2, 0) is 0 Å². The van der Waals surface area contributed by atoms with E-state index in [0.29, 0.717) is 5.54 Å². The van der Waals surface area contributed by atoms with Gasteiger partial charge in [-0.2, -0.15) is 11.8 Å². The summed E-state index contributed by atoms with van der Waals surface area (Å²) in [6, 6.07) is 1.62. The van der Waals surface area contributed by atoms with Gasteiger partial charge in [-0.05, 0) is 31.4 Å². The van der Waals surface area contributed by atoms with Gasteiger partial charge in [-0.3, -0.25) is 4.90 Å². The van der Waals surface area contributed by atoms with Gasteiger partial charge in [0.15, 0.2) is 0 Å². The van der Waals surface area contributed by atoms with Gasteiger partial charge in [0.2, 0.25) is 0 Å². The molecular weight excluding hydrogens is 228 g/mol. The van der Waals surface area contributed by atoms with Crippen molar-refractivity contribution in [3.8, 4) is 0 Å². The zero-order valence-corrected chi connectivity index (χ0v) is 12.5. The van der Waals surface area contributed by atoms with E-state index < -0.39 is 0 Å². The summed E-state index contributed by atoms with van der Waals surface area (Å²) >= 11 is 2.14. The van der Waals surface area contributed by atoms with Gasteiger partial charge in [0.25, 0.3) is 0 Å². The third-order valence-electron chi connectivity index (χ3n) is 4.87. The Morgan fingerprint density at radius 2 is 2.06 bits per heavy atom. The van der Waals surface area contributed by atoms with Crippen LogP contribution >= 0.6 is 11.8 Å². The molecule has 0 bridgehead atoms. The molecule has 0 aromatic heterocycles. The standard InChI is InChI=1S/C14H28N2S/c1-4-12-9-15-14(5-2,6-3)11-16(12)13-7-8-17-10-13/h12-13,15H,4-11H2,1-3H3. The van der Waals surface area contributed by atoms with Gasteiger partial charge < -0.3 is 5.32 Å². The van der Waals surface area contributed by atoms with Crippen LogP contribution in [0.2, 0.25) is 0 Å². The number of thioether (sulfide) groups is 1. The minimum atomic E-state index is 0.388. The van der Waals surface area contributed by atoms with Crippen LogP contribution in [0.25, 0.3) is 0 Å². The molecule has 17 heavy (non-hydrogen) atoms. The van der Waals surface area contributed by atoms with Crippen molar-refractivity contribution in [3.05, 3.63) is 0 Å². The van der Waals surface area contributed by atoms with Gasteiger partial charge in [-0.1, -0.05) is 20.8 Å². The first kappa shape index (κ1) is 13.7. The molecule has 2 heterocycles. The van der Waals surface area contributed by atoms with Gasteiger partial charge in [-0.15, -0.1) is 0 Å². The maximum Gasteiger partial charge on any atom is 0.0304 e. The van der Waals surface area contributed by atoms with Crippen LogP contribution in [-0.4, -0.2) is 47.1 Å². The highest BCUT2D eigenvalue weighted by Crippen LogP contribution is 2.30. The van der Waals surface area contributed by atoms with Crippen molar-refractivity contribution in [2.45, 2.75) is 64.1 Å². The van der Waals surface area contributed by atoms with Crippen LogP contribution in [0.4, 0.5) is 0 Å². The summed E-state index contributed by atoms with van der Waals surface area (Å²) in [6.45, 7) is 9.48. The van der Waals surface area contributed by atoms with Crippen molar-refractivity contribution in [2.24, 2.45) is 0 Å². The highest BCUT2D eigenvalue weighted by atomic mass is 32.2. The predicted molar refractivity (Wildman–Crippen MR) is 77.8 cm³/mol. The summed E-state index contributed by atoms with van der Waals surface area (Å²) in [6.07, 6.45) is 5.22. The molecule has 0 amide bonds. The normalized spacial score (nSPS) is 34.1. The number of hydrogen-bond donors (Lipinski definition) is 1. The fourth-order valence-electron chi connectivity index (χ4n) is 3.30. The Balaban J connectivity index is 2.07. The van der Waals surface area contributed by atoms with Crippen LogP contribution in [0.3, 0.4) is 0 Å². The third-order valence-corrected chi connectivity index (χ3v) is 6.01. The lowest BCUT2D eigenvalue weighted by molar-refractivity contribution is 0.0429. The van der Waals surface area contributed by atoms with E-state index >= 15 is 0 Å². The lowest BCUT2D eigenvalue weighted by Gasteiger charge is -2.49. The molecule has 100 valence electrons. The molecule has 0 saturated carbocycles. The zero-order chi connectivity index (χ0) is 12.3. The Morgan fingerprint density at radius 3 is 2.59 bits per heavy atom. The smallest absolute Gasteiger partial charge is 0.0304 e. The molecule has 2 aliphatic heterocycles. The SMILES string of the molecule is CCC1CNC(CC)(CC)CN1C1CCSC1. The Hall–Kier alpha value is 0.270. The highest BCUT2D eigenvalue weighted by Gasteiger charge is 2.39. The molecule has 2 saturated heterocycles. The number of rotatable bonds is 4. The topological polar surface area (TPSA) is 15.3 Å². The van der Waals surface area contributed by atoms with Crippen LogP contribution in [0.5, 0.6) is 0 Å². The molecule has 0 spiro atoms. The Kier molecular flexibility index (Phi) is 4.79. The molecule has 2 aliphatic rings. The summed E-state index contributed by atoms with van der Waals surface area (Å²) in [4.78, 5) is 2.84. The minimum Gasteiger partial charge on any atom is -0.308 e. The largest absolute Gasteiger partial charge is 0.308 e. The second-order valence-corrected chi connectivity index (χ2v) is 6.77. The summed E-state index contributed by atoms with van der Waals surface area (Å²) in [5, 5.41) is 3.84. The summed E-state index contributed by atoms with van der Waals surface area (Å²) in [5.41, 5.74) is 0.388. The summed E-state index contributed by atoms with van der Waals surface area (Å²) in [7, 11) is 0.